The minimum atomic E-state index is -1.83. The molecule has 1 atom stereocenters. The van der Waals surface area contributed by atoms with Crippen molar-refractivity contribution in [2.75, 3.05) is 23.8 Å². The Morgan fingerprint density at radius 2 is 2.03 bits per heavy atom. The molecule has 29 heavy (non-hydrogen) atoms. The summed E-state index contributed by atoms with van der Waals surface area (Å²) in [6.07, 6.45) is 9.65. The number of anilines is 1. The van der Waals surface area contributed by atoms with Crippen LogP contribution in [-0.2, 0) is 0 Å². The summed E-state index contributed by atoms with van der Waals surface area (Å²) in [5.41, 5.74) is 7.59. The van der Waals surface area contributed by atoms with Crippen LogP contribution in [0.5, 0.6) is 0 Å². The van der Waals surface area contributed by atoms with Crippen molar-refractivity contribution in [3.05, 3.63) is 26.9 Å². The number of hydrogen-bond acceptors (Lipinski definition) is 4. The quantitative estimate of drug-likeness (QED) is 0.212. The smallest absolute Gasteiger partial charge is 0.138 e. The van der Waals surface area contributed by atoms with Gasteiger partial charge in [-0.05, 0) is 65.1 Å². The third kappa shape index (κ3) is 4.47. The molecule has 1 aromatic rings. The Labute approximate surface area is 181 Å². The van der Waals surface area contributed by atoms with Gasteiger partial charge in [0.1, 0.15) is 15.8 Å². The summed E-state index contributed by atoms with van der Waals surface area (Å²) in [5, 5.41) is 3.79. The fraction of sp³-hybridized carbons (Fsp3) is 0.583. The Balaban J connectivity index is 1.67. The Morgan fingerprint density at radius 3 is 2.76 bits per heavy atom. The normalized spacial score (nSPS) is 26.5. The number of nitrogens with one attached hydrogen (secondary N) is 1. The van der Waals surface area contributed by atoms with E-state index in [4.69, 9.17) is 14.3 Å². The minimum absolute atomic E-state index is 0.406. The van der Waals surface area contributed by atoms with Crippen LogP contribution in [0.4, 0.5) is 5.82 Å². The summed E-state index contributed by atoms with van der Waals surface area (Å²) in [6.45, 7) is 1.92. The molecule has 0 radical (unpaired) electrons. The number of fused-ring (bicyclic) bond motifs is 2. The van der Waals surface area contributed by atoms with E-state index < -0.39 is 19.1 Å². The van der Waals surface area contributed by atoms with E-state index in [-0.39, 0.29) is 0 Å². The Hall–Kier alpha value is -1.57. The predicted molar refractivity (Wildman–Crippen MR) is 129 cm³/mol. The first-order valence-corrected chi connectivity index (χ1v) is 14.5. The molecule has 2 bridgehead atoms. The molecule has 0 amide bonds. The topological polar surface area (TPSA) is 41.0 Å². The molecule has 4 rings (SSSR count). The van der Waals surface area contributed by atoms with E-state index in [1.54, 1.807) is 6.33 Å². The average Bonchev–Trinajstić information content (AvgIpc) is 2.83. The molecule has 1 aromatic heterocycles. The van der Waals surface area contributed by atoms with Gasteiger partial charge in [0.25, 0.3) is 0 Å². The lowest BCUT2D eigenvalue weighted by Gasteiger charge is -2.33. The molecule has 1 N–H and O–H groups in total. The van der Waals surface area contributed by atoms with Crippen LogP contribution in [-0.4, -0.2) is 45.5 Å². The third-order valence-electron chi connectivity index (χ3n) is 6.41. The van der Waals surface area contributed by atoms with E-state index in [0.717, 1.165) is 33.2 Å². The molecule has 1 fully saturated rings. The molecule has 5 heteroatoms. The number of alkyl halides is 1. The third-order valence-corrected chi connectivity index (χ3v) is 10.3. The summed E-state index contributed by atoms with van der Waals surface area (Å²) in [7, 11) is 4.38. The number of nitrogens with zero attached hydrogens (tertiary/aromatic N) is 3. The molecule has 2 heterocycles. The van der Waals surface area contributed by atoms with E-state index in [2.05, 4.69) is 41.9 Å². The zero-order chi connectivity index (χ0) is 20.4. The number of allylic oxidation sites excluding steroid dienone is 1. The maximum absolute atomic E-state index is 6.73. The van der Waals surface area contributed by atoms with Crippen LogP contribution in [0.3, 0.4) is 0 Å². The van der Waals surface area contributed by atoms with Gasteiger partial charge in [-0.25, -0.2) is 9.97 Å². The molecule has 0 spiro atoms. The standard InChI is InChI=1S/C24H31IN4/c1-5-6-7-18-9-8-17-14-21(18)22-23(25(2)15-17)26-16-27-24(22)28-19-10-12-20(13-11-19)29(3)4/h2,16,18-20H,7-13,15H2,1,3-4H3,(H,26,27,28). The number of halogens is 1. The van der Waals surface area contributed by atoms with Crippen LogP contribution in [0.2, 0.25) is 0 Å². The van der Waals surface area contributed by atoms with Crippen molar-refractivity contribution in [3.63, 3.8) is 0 Å². The van der Waals surface area contributed by atoms with Crippen molar-refractivity contribution in [2.45, 2.75) is 64.0 Å². The first-order chi connectivity index (χ1) is 14.1. The van der Waals surface area contributed by atoms with Crippen molar-refractivity contribution in [1.82, 2.24) is 14.9 Å². The maximum atomic E-state index is 6.73. The summed E-state index contributed by atoms with van der Waals surface area (Å²) in [6, 6.07) is 1.16. The van der Waals surface area contributed by atoms with Crippen LogP contribution in [0.25, 0.3) is 5.57 Å². The Kier molecular flexibility index (Phi) is 6.47. The largest absolute Gasteiger partial charge is 0.367 e. The highest BCUT2D eigenvalue weighted by molar-refractivity contribution is 14.2. The Morgan fingerprint density at radius 1 is 1.24 bits per heavy atom. The van der Waals surface area contributed by atoms with E-state index in [9.17, 15) is 0 Å². The van der Waals surface area contributed by atoms with Gasteiger partial charge in [-0.3, -0.25) is 0 Å². The Bertz CT molecular complexity index is 974. The summed E-state index contributed by atoms with van der Waals surface area (Å²) >= 11 is -1.83. The summed E-state index contributed by atoms with van der Waals surface area (Å²) in [4.78, 5) is 11.8. The van der Waals surface area contributed by atoms with Crippen molar-refractivity contribution in [1.29, 1.82) is 0 Å². The molecule has 1 saturated carbocycles. The van der Waals surface area contributed by atoms with Gasteiger partial charge in [0.15, 0.2) is 0 Å². The van der Waals surface area contributed by atoms with Crippen molar-refractivity contribution in [2.24, 2.45) is 5.92 Å². The van der Waals surface area contributed by atoms with Gasteiger partial charge >= 0.3 is 0 Å². The van der Waals surface area contributed by atoms with Crippen molar-refractivity contribution in [3.8, 4) is 16.2 Å². The lowest BCUT2D eigenvalue weighted by atomic mass is 9.83. The highest BCUT2D eigenvalue weighted by Crippen LogP contribution is 2.46. The first-order valence-electron chi connectivity index (χ1n) is 10.6. The molecule has 4 nitrogen and oxygen atoms in total. The van der Waals surface area contributed by atoms with Gasteiger partial charge in [0.2, 0.25) is 0 Å². The average molecular weight is 502 g/mol. The zero-order valence-corrected chi connectivity index (χ0v) is 19.9. The van der Waals surface area contributed by atoms with E-state index in [1.807, 2.05) is 6.92 Å². The van der Waals surface area contributed by atoms with Crippen LogP contribution >= 0.6 is 19.1 Å². The monoisotopic (exact) mass is 502 g/mol. The summed E-state index contributed by atoms with van der Waals surface area (Å²) in [5.74, 6) is 7.75. The van der Waals surface area contributed by atoms with E-state index in [1.165, 1.54) is 42.4 Å². The molecular weight excluding hydrogens is 471 g/mol. The van der Waals surface area contributed by atoms with Gasteiger partial charge in [-0.15, -0.1) is 21.9 Å². The zero-order valence-electron chi connectivity index (χ0n) is 17.8. The molecule has 0 saturated heterocycles. The second-order valence-corrected chi connectivity index (χ2v) is 12.6. The van der Waals surface area contributed by atoms with Crippen LogP contribution < -0.4 is 5.32 Å². The molecule has 2 aliphatic carbocycles. The maximum Gasteiger partial charge on any atom is 0.138 e. The first kappa shape index (κ1) is 20.7. The number of rotatable bonds is 4. The lowest BCUT2D eigenvalue weighted by molar-refractivity contribution is 0.221. The van der Waals surface area contributed by atoms with Gasteiger partial charge in [0, 0.05) is 34.4 Å². The predicted octanol–water partition coefficient (Wildman–Crippen LogP) is 4.77. The summed E-state index contributed by atoms with van der Waals surface area (Å²) < 4.78 is 8.86. The minimum Gasteiger partial charge on any atom is -0.367 e. The van der Waals surface area contributed by atoms with E-state index in [0.29, 0.717) is 18.0 Å². The van der Waals surface area contributed by atoms with E-state index >= 15 is 0 Å². The molecule has 0 aromatic carbocycles. The fourth-order valence-electron chi connectivity index (χ4n) is 4.71. The SMILES string of the molecule is C#I1CC2=C=C(c3c(NC4CCC(N(C)C)CC4)ncnc31)C(CC#CC)CC2. The number of hydrogen-bond donors (Lipinski definition) is 1. The van der Waals surface area contributed by atoms with Gasteiger partial charge in [0.05, 0.1) is 5.56 Å². The molecule has 1 aliphatic heterocycles. The molecule has 154 valence electrons. The second kappa shape index (κ2) is 9.06. The van der Waals surface area contributed by atoms with Gasteiger partial charge < -0.3 is 10.2 Å². The second-order valence-electron chi connectivity index (χ2n) is 8.54. The number of aromatic nitrogens is 2. The van der Waals surface area contributed by atoms with Gasteiger partial charge in [-0.2, -0.15) is 0 Å². The van der Waals surface area contributed by atoms with Crippen molar-refractivity contribution < 1.29 is 0 Å². The lowest BCUT2D eigenvalue weighted by Crippen LogP contribution is -2.36. The van der Waals surface area contributed by atoms with Crippen LogP contribution in [0.15, 0.2) is 17.6 Å². The highest BCUT2D eigenvalue weighted by atomic mass is 127. The molecular formula is C24H31IN4. The fourth-order valence-corrected chi connectivity index (χ4v) is 8.35. The van der Waals surface area contributed by atoms with Crippen molar-refractivity contribution >= 4 is 30.5 Å². The van der Waals surface area contributed by atoms with Gasteiger partial charge in [-0.1, -0.05) is 19.1 Å². The molecule has 1 unspecified atom stereocenters. The van der Waals surface area contributed by atoms with Crippen LogP contribution in [0, 0.1) is 25.8 Å². The van der Waals surface area contributed by atoms with Crippen LogP contribution in [0.1, 0.15) is 57.4 Å². The highest BCUT2D eigenvalue weighted by Gasteiger charge is 2.30. The molecule has 3 aliphatic rings.